The minimum absolute atomic E-state index is 0.0289. The number of rotatable bonds is 3. The fourth-order valence-corrected chi connectivity index (χ4v) is 5.00. The van der Waals surface area contributed by atoms with Crippen LogP contribution in [0.4, 0.5) is 0 Å². The lowest BCUT2D eigenvalue weighted by Gasteiger charge is -2.33. The first-order valence-corrected chi connectivity index (χ1v) is 11.4. The summed E-state index contributed by atoms with van der Waals surface area (Å²) in [4.78, 5) is 39.7. The molecule has 0 fully saturated rings. The third-order valence-electron chi connectivity index (χ3n) is 6.38. The molecule has 32 heavy (non-hydrogen) atoms. The second-order valence-corrected chi connectivity index (χ2v) is 9.30. The fraction of sp³-hybridized carbons (Fsp3) is 0.192. The molecule has 0 spiro atoms. The van der Waals surface area contributed by atoms with Crippen molar-refractivity contribution in [3.05, 3.63) is 93.5 Å². The summed E-state index contributed by atoms with van der Waals surface area (Å²) in [5, 5.41) is 2.35. The highest BCUT2D eigenvalue weighted by atomic mass is 79.9. The number of halogens is 1. The normalized spacial score (nSPS) is 20.3. The van der Waals surface area contributed by atoms with Crippen LogP contribution in [0.25, 0.3) is 10.8 Å². The lowest BCUT2D eigenvalue weighted by atomic mass is 9.75. The van der Waals surface area contributed by atoms with Crippen molar-refractivity contribution in [2.24, 2.45) is 5.92 Å². The number of nitrogens with zero attached hydrogens (tertiary/aromatic N) is 1. The van der Waals surface area contributed by atoms with Crippen molar-refractivity contribution in [1.29, 1.82) is 0 Å². The third kappa shape index (κ3) is 3.45. The standard InChI is InChI=1S/C26H21BrN2O3/c1-15-8-13-19(22(14-15)16-9-11-18(27)12-10-16)24(30)28-29-25(31)20-6-2-4-17-5-3-7-21(23(17)20)26(29)32/h2-12,19,22H,13-14H2,1H3,(H,28,30). The van der Waals surface area contributed by atoms with Gasteiger partial charge in [-0.25, -0.2) is 0 Å². The van der Waals surface area contributed by atoms with Crippen LogP contribution in [0, 0.1) is 5.92 Å². The van der Waals surface area contributed by atoms with Crippen LogP contribution in [0.3, 0.4) is 0 Å². The van der Waals surface area contributed by atoms with Gasteiger partial charge in [0.25, 0.3) is 11.8 Å². The van der Waals surface area contributed by atoms with E-state index >= 15 is 0 Å². The summed E-state index contributed by atoms with van der Waals surface area (Å²) >= 11 is 3.46. The van der Waals surface area contributed by atoms with Crippen molar-refractivity contribution >= 4 is 44.4 Å². The van der Waals surface area contributed by atoms with Gasteiger partial charge < -0.3 is 0 Å². The van der Waals surface area contributed by atoms with Gasteiger partial charge in [0.15, 0.2) is 0 Å². The zero-order valence-corrected chi connectivity index (χ0v) is 19.1. The van der Waals surface area contributed by atoms with Gasteiger partial charge in [0, 0.05) is 9.86 Å². The number of benzene rings is 3. The lowest BCUT2D eigenvalue weighted by molar-refractivity contribution is -0.129. The Morgan fingerprint density at radius 2 is 1.59 bits per heavy atom. The number of carbonyl (C=O) groups excluding carboxylic acids is 3. The predicted molar refractivity (Wildman–Crippen MR) is 126 cm³/mol. The summed E-state index contributed by atoms with van der Waals surface area (Å²) in [6.07, 6.45) is 3.38. The number of imide groups is 1. The highest BCUT2D eigenvalue weighted by molar-refractivity contribution is 9.10. The Hall–Kier alpha value is -3.25. The summed E-state index contributed by atoms with van der Waals surface area (Å²) in [7, 11) is 0. The van der Waals surface area contributed by atoms with E-state index in [1.54, 1.807) is 24.3 Å². The van der Waals surface area contributed by atoms with Gasteiger partial charge in [-0.1, -0.05) is 64.0 Å². The van der Waals surface area contributed by atoms with Gasteiger partial charge in [-0.3, -0.25) is 19.8 Å². The van der Waals surface area contributed by atoms with E-state index in [4.69, 9.17) is 0 Å². The molecule has 0 aromatic heterocycles. The first-order valence-electron chi connectivity index (χ1n) is 10.6. The molecule has 0 saturated carbocycles. The van der Waals surface area contributed by atoms with Crippen LogP contribution in [0.1, 0.15) is 52.0 Å². The molecule has 3 aromatic carbocycles. The maximum atomic E-state index is 13.4. The average molecular weight is 489 g/mol. The highest BCUT2D eigenvalue weighted by Crippen LogP contribution is 2.38. The number of hydrogen-bond donors (Lipinski definition) is 1. The van der Waals surface area contributed by atoms with E-state index in [-0.39, 0.29) is 17.7 Å². The molecule has 3 amide bonds. The topological polar surface area (TPSA) is 66.5 Å². The smallest absolute Gasteiger partial charge is 0.273 e. The second kappa shape index (κ2) is 8.02. The molecule has 6 heteroatoms. The molecule has 160 valence electrons. The Morgan fingerprint density at radius 3 is 2.22 bits per heavy atom. The van der Waals surface area contributed by atoms with E-state index < -0.39 is 11.8 Å². The maximum Gasteiger partial charge on any atom is 0.280 e. The molecule has 0 saturated heterocycles. The summed E-state index contributed by atoms with van der Waals surface area (Å²) in [5.74, 6) is -1.74. The monoisotopic (exact) mass is 488 g/mol. The summed E-state index contributed by atoms with van der Waals surface area (Å²) in [5.41, 5.74) is 5.78. The Morgan fingerprint density at radius 1 is 0.969 bits per heavy atom. The Labute approximate surface area is 194 Å². The molecular weight excluding hydrogens is 468 g/mol. The van der Waals surface area contributed by atoms with E-state index in [2.05, 4.69) is 34.4 Å². The minimum atomic E-state index is -0.504. The number of allylic oxidation sites excluding steroid dienone is 2. The largest absolute Gasteiger partial charge is 0.280 e. The molecule has 2 atom stereocenters. The summed E-state index contributed by atoms with van der Waals surface area (Å²) in [6, 6.07) is 18.7. The molecule has 2 aliphatic rings. The van der Waals surface area contributed by atoms with Gasteiger partial charge in [-0.2, -0.15) is 5.01 Å². The lowest BCUT2D eigenvalue weighted by Crippen LogP contribution is -2.53. The third-order valence-corrected chi connectivity index (χ3v) is 6.91. The Balaban J connectivity index is 1.45. The molecule has 2 unspecified atom stereocenters. The van der Waals surface area contributed by atoms with Crippen molar-refractivity contribution < 1.29 is 14.4 Å². The highest BCUT2D eigenvalue weighted by Gasteiger charge is 2.38. The van der Waals surface area contributed by atoms with Crippen LogP contribution in [-0.2, 0) is 4.79 Å². The van der Waals surface area contributed by atoms with Gasteiger partial charge in [-0.15, -0.1) is 0 Å². The van der Waals surface area contributed by atoms with Gasteiger partial charge in [0.2, 0.25) is 5.91 Å². The van der Waals surface area contributed by atoms with E-state index in [9.17, 15) is 14.4 Å². The molecule has 0 bridgehead atoms. The molecule has 5 nitrogen and oxygen atoms in total. The zero-order valence-electron chi connectivity index (χ0n) is 17.5. The van der Waals surface area contributed by atoms with Gasteiger partial charge >= 0.3 is 0 Å². The van der Waals surface area contributed by atoms with Gasteiger partial charge in [-0.05, 0) is 60.9 Å². The van der Waals surface area contributed by atoms with Crippen LogP contribution < -0.4 is 5.43 Å². The van der Waals surface area contributed by atoms with E-state index in [0.717, 1.165) is 26.9 Å². The zero-order chi connectivity index (χ0) is 22.4. The fourth-order valence-electron chi connectivity index (χ4n) is 4.74. The number of amides is 3. The van der Waals surface area contributed by atoms with E-state index in [1.807, 2.05) is 36.4 Å². The molecule has 1 heterocycles. The van der Waals surface area contributed by atoms with Gasteiger partial charge in [0.05, 0.1) is 17.0 Å². The van der Waals surface area contributed by atoms with Crippen LogP contribution in [0.15, 0.2) is 76.8 Å². The predicted octanol–water partition coefficient (Wildman–Crippen LogP) is 5.37. The molecule has 0 radical (unpaired) electrons. The Bertz CT molecular complexity index is 1250. The quantitative estimate of drug-likeness (QED) is 0.398. The van der Waals surface area contributed by atoms with Crippen molar-refractivity contribution in [3.8, 4) is 0 Å². The SMILES string of the molecule is CC1=CCC(C(=O)NN2C(=O)c3cccc4cccc(c34)C2=O)C(c2ccc(Br)cc2)C1. The maximum absolute atomic E-state index is 13.4. The van der Waals surface area contributed by atoms with Gasteiger partial charge in [0.1, 0.15) is 0 Å². The van der Waals surface area contributed by atoms with Crippen LogP contribution in [-0.4, -0.2) is 22.7 Å². The molecular formula is C26H21BrN2O3. The van der Waals surface area contributed by atoms with E-state index in [1.165, 1.54) is 5.57 Å². The molecule has 1 aliphatic carbocycles. The first kappa shape index (κ1) is 20.6. The van der Waals surface area contributed by atoms with Crippen LogP contribution in [0.5, 0.6) is 0 Å². The second-order valence-electron chi connectivity index (χ2n) is 8.39. The summed E-state index contributed by atoms with van der Waals surface area (Å²) in [6.45, 7) is 2.06. The number of hydrogen-bond acceptors (Lipinski definition) is 3. The van der Waals surface area contributed by atoms with Crippen molar-refractivity contribution in [1.82, 2.24) is 10.4 Å². The summed E-state index contributed by atoms with van der Waals surface area (Å²) < 4.78 is 0.975. The minimum Gasteiger partial charge on any atom is -0.273 e. The molecule has 3 aromatic rings. The molecule has 1 N–H and O–H groups in total. The first-order chi connectivity index (χ1) is 15.4. The van der Waals surface area contributed by atoms with Crippen LogP contribution in [0.2, 0.25) is 0 Å². The number of hydrazine groups is 1. The number of carbonyl (C=O) groups is 3. The average Bonchev–Trinajstić information content (AvgIpc) is 2.80. The molecule has 5 rings (SSSR count). The van der Waals surface area contributed by atoms with Crippen LogP contribution >= 0.6 is 15.9 Å². The number of nitrogens with one attached hydrogen (secondary N) is 1. The van der Waals surface area contributed by atoms with E-state index in [0.29, 0.717) is 22.9 Å². The van der Waals surface area contributed by atoms with Crippen molar-refractivity contribution in [2.75, 3.05) is 0 Å². The van der Waals surface area contributed by atoms with Crippen molar-refractivity contribution in [2.45, 2.75) is 25.7 Å². The molecule has 1 aliphatic heterocycles. The Kier molecular flexibility index (Phi) is 5.18. The van der Waals surface area contributed by atoms with Crippen molar-refractivity contribution in [3.63, 3.8) is 0 Å².